The van der Waals surface area contributed by atoms with Crippen LogP contribution in [0.3, 0.4) is 0 Å². The Morgan fingerprint density at radius 3 is 2.70 bits per heavy atom. The predicted molar refractivity (Wildman–Crippen MR) is 106 cm³/mol. The molecule has 0 saturated heterocycles. The normalized spacial score (nSPS) is 14.8. The maximum absolute atomic E-state index is 12.5. The molecule has 27 heavy (non-hydrogen) atoms. The number of aromatic nitrogens is 1. The van der Waals surface area contributed by atoms with Gasteiger partial charge in [-0.15, -0.1) is 0 Å². The lowest BCUT2D eigenvalue weighted by Gasteiger charge is -2.12. The summed E-state index contributed by atoms with van der Waals surface area (Å²) in [7, 11) is 1.64. The molecule has 0 aliphatic heterocycles. The zero-order chi connectivity index (χ0) is 19.4. The number of aryl methyl sites for hydroxylation is 1. The second-order valence-corrected chi connectivity index (χ2v) is 6.99. The van der Waals surface area contributed by atoms with E-state index < -0.39 is 0 Å². The molecule has 0 atom stereocenters. The van der Waals surface area contributed by atoms with E-state index in [1.165, 1.54) is 0 Å². The standard InChI is InChI=1S/C22H25N3O2/c1-15-11-17(12-18(14-23)22(26)24-19-7-4-5-8-19)16(2)25(15)20-9-6-10-21(13-20)27-3/h6,9-13,19H,4-5,7-8H2,1-3H3,(H,24,26)/b18-12+. The summed E-state index contributed by atoms with van der Waals surface area (Å²) in [6, 6.07) is 12.1. The lowest BCUT2D eigenvalue weighted by molar-refractivity contribution is -0.117. The van der Waals surface area contributed by atoms with E-state index in [1.54, 1.807) is 13.2 Å². The number of hydrogen-bond acceptors (Lipinski definition) is 3. The van der Waals surface area contributed by atoms with Crippen LogP contribution in [0.25, 0.3) is 11.8 Å². The first-order valence-electron chi connectivity index (χ1n) is 9.29. The lowest BCUT2D eigenvalue weighted by atomic mass is 10.1. The molecule has 1 aromatic heterocycles. The van der Waals surface area contributed by atoms with Crippen LogP contribution in [-0.4, -0.2) is 23.6 Å². The first-order chi connectivity index (χ1) is 13.0. The van der Waals surface area contributed by atoms with Gasteiger partial charge >= 0.3 is 0 Å². The Morgan fingerprint density at radius 2 is 2.04 bits per heavy atom. The Hall–Kier alpha value is -3.00. The molecule has 0 unspecified atom stereocenters. The zero-order valence-corrected chi connectivity index (χ0v) is 16.1. The maximum Gasteiger partial charge on any atom is 0.262 e. The number of rotatable bonds is 5. The molecule has 5 nitrogen and oxygen atoms in total. The highest BCUT2D eigenvalue weighted by Gasteiger charge is 2.20. The van der Waals surface area contributed by atoms with Crippen LogP contribution in [0.4, 0.5) is 0 Å². The van der Waals surface area contributed by atoms with Gasteiger partial charge in [0.25, 0.3) is 5.91 Å². The summed E-state index contributed by atoms with van der Waals surface area (Å²) in [5, 5.41) is 12.5. The smallest absolute Gasteiger partial charge is 0.262 e. The monoisotopic (exact) mass is 363 g/mol. The van der Waals surface area contributed by atoms with Crippen molar-refractivity contribution in [1.82, 2.24) is 9.88 Å². The van der Waals surface area contributed by atoms with Gasteiger partial charge in [0.2, 0.25) is 0 Å². The van der Waals surface area contributed by atoms with Crippen molar-refractivity contribution in [3.05, 3.63) is 52.9 Å². The quantitative estimate of drug-likeness (QED) is 0.643. The van der Waals surface area contributed by atoms with Gasteiger partial charge in [0.15, 0.2) is 0 Å². The highest BCUT2D eigenvalue weighted by Crippen LogP contribution is 2.25. The molecule has 2 aromatic rings. The number of amides is 1. The third-order valence-electron chi connectivity index (χ3n) is 5.14. The highest BCUT2D eigenvalue weighted by atomic mass is 16.5. The number of carbonyl (C=O) groups excluding carboxylic acids is 1. The number of nitrogens with zero attached hydrogens (tertiary/aromatic N) is 2. The first kappa shape index (κ1) is 18.8. The van der Waals surface area contributed by atoms with Gasteiger partial charge in [-0.2, -0.15) is 5.26 Å². The molecule has 3 rings (SSSR count). The fourth-order valence-electron chi connectivity index (χ4n) is 3.72. The van der Waals surface area contributed by atoms with Crippen LogP contribution >= 0.6 is 0 Å². The third kappa shape index (κ3) is 4.06. The van der Waals surface area contributed by atoms with Gasteiger partial charge in [0.05, 0.1) is 7.11 Å². The summed E-state index contributed by atoms with van der Waals surface area (Å²) in [5.74, 6) is 0.501. The van der Waals surface area contributed by atoms with E-state index in [9.17, 15) is 10.1 Å². The number of methoxy groups -OCH3 is 1. The molecule has 1 N–H and O–H groups in total. The van der Waals surface area contributed by atoms with Gasteiger partial charge in [-0.3, -0.25) is 4.79 Å². The van der Waals surface area contributed by atoms with E-state index in [4.69, 9.17) is 4.74 Å². The topological polar surface area (TPSA) is 67.0 Å². The SMILES string of the molecule is COc1cccc(-n2c(C)cc(/C=C(\C#N)C(=O)NC3CCCC3)c2C)c1. The Bertz CT molecular complexity index is 912. The summed E-state index contributed by atoms with van der Waals surface area (Å²) in [6.07, 6.45) is 5.95. The second kappa shape index (κ2) is 8.13. The molecule has 1 heterocycles. The minimum atomic E-state index is -0.282. The van der Waals surface area contributed by atoms with Crippen LogP contribution in [0, 0.1) is 25.2 Å². The van der Waals surface area contributed by atoms with Gasteiger partial charge in [-0.05, 0) is 56.5 Å². The average molecular weight is 363 g/mol. The number of carbonyl (C=O) groups is 1. The Balaban J connectivity index is 1.91. The van der Waals surface area contributed by atoms with Crippen LogP contribution in [0.2, 0.25) is 0 Å². The molecule has 140 valence electrons. The van der Waals surface area contributed by atoms with Crippen molar-refractivity contribution in [3.63, 3.8) is 0 Å². The molecule has 1 saturated carbocycles. The minimum Gasteiger partial charge on any atom is -0.497 e. The van der Waals surface area contributed by atoms with Crippen molar-refractivity contribution < 1.29 is 9.53 Å². The van der Waals surface area contributed by atoms with Crippen molar-refractivity contribution in [2.24, 2.45) is 0 Å². The maximum atomic E-state index is 12.5. The molecule has 1 aromatic carbocycles. The van der Waals surface area contributed by atoms with E-state index in [0.717, 1.165) is 54.1 Å². The van der Waals surface area contributed by atoms with Crippen molar-refractivity contribution in [2.75, 3.05) is 7.11 Å². The highest BCUT2D eigenvalue weighted by molar-refractivity contribution is 6.02. The molecular formula is C22H25N3O2. The number of nitrogens with one attached hydrogen (secondary N) is 1. The molecule has 1 amide bonds. The summed E-state index contributed by atoms with van der Waals surface area (Å²) in [4.78, 5) is 12.5. The molecule has 0 bridgehead atoms. The molecule has 1 fully saturated rings. The van der Waals surface area contributed by atoms with Gasteiger partial charge in [-0.1, -0.05) is 18.9 Å². The van der Waals surface area contributed by atoms with Crippen molar-refractivity contribution >= 4 is 12.0 Å². The summed E-state index contributed by atoms with van der Waals surface area (Å²) < 4.78 is 7.41. The molecule has 0 spiro atoms. The Morgan fingerprint density at radius 1 is 1.30 bits per heavy atom. The fourth-order valence-corrected chi connectivity index (χ4v) is 3.72. The number of ether oxygens (including phenoxy) is 1. The Kier molecular flexibility index (Phi) is 5.66. The van der Waals surface area contributed by atoms with E-state index in [0.29, 0.717) is 0 Å². The summed E-state index contributed by atoms with van der Waals surface area (Å²) in [6.45, 7) is 4.00. The van der Waals surface area contributed by atoms with E-state index in [2.05, 4.69) is 16.0 Å². The number of hydrogen-bond donors (Lipinski definition) is 1. The fraction of sp³-hybridized carbons (Fsp3) is 0.364. The van der Waals surface area contributed by atoms with Gasteiger partial charge in [-0.25, -0.2) is 0 Å². The van der Waals surface area contributed by atoms with Gasteiger partial charge < -0.3 is 14.6 Å². The molecule has 1 aliphatic rings. The molecule has 1 aliphatic carbocycles. The van der Waals surface area contributed by atoms with Gasteiger partial charge in [0.1, 0.15) is 17.4 Å². The largest absolute Gasteiger partial charge is 0.497 e. The summed E-state index contributed by atoms with van der Waals surface area (Å²) >= 11 is 0. The van der Waals surface area contributed by atoms with E-state index in [-0.39, 0.29) is 17.5 Å². The molecule has 5 heteroatoms. The third-order valence-corrected chi connectivity index (χ3v) is 5.14. The van der Waals surface area contributed by atoms with Gasteiger partial charge in [0, 0.05) is 29.2 Å². The van der Waals surface area contributed by atoms with Crippen molar-refractivity contribution in [1.29, 1.82) is 5.26 Å². The predicted octanol–water partition coefficient (Wildman–Crippen LogP) is 4.07. The van der Waals surface area contributed by atoms with Crippen LogP contribution in [-0.2, 0) is 4.79 Å². The van der Waals surface area contributed by atoms with E-state index >= 15 is 0 Å². The number of benzene rings is 1. The van der Waals surface area contributed by atoms with Crippen molar-refractivity contribution in [3.8, 4) is 17.5 Å². The Labute approximate surface area is 160 Å². The van der Waals surface area contributed by atoms with Crippen LogP contribution in [0.15, 0.2) is 35.9 Å². The van der Waals surface area contributed by atoms with Crippen LogP contribution in [0.5, 0.6) is 5.75 Å². The van der Waals surface area contributed by atoms with Crippen LogP contribution in [0.1, 0.15) is 42.6 Å². The van der Waals surface area contributed by atoms with E-state index in [1.807, 2.05) is 44.2 Å². The minimum absolute atomic E-state index is 0.146. The number of nitriles is 1. The second-order valence-electron chi connectivity index (χ2n) is 6.99. The zero-order valence-electron chi connectivity index (χ0n) is 16.1. The molecular weight excluding hydrogens is 338 g/mol. The molecule has 0 radical (unpaired) electrons. The van der Waals surface area contributed by atoms with Crippen LogP contribution < -0.4 is 10.1 Å². The average Bonchev–Trinajstić information content (AvgIpc) is 3.27. The lowest BCUT2D eigenvalue weighted by Crippen LogP contribution is -2.33. The van der Waals surface area contributed by atoms with Crippen molar-refractivity contribution in [2.45, 2.75) is 45.6 Å². The summed E-state index contributed by atoms with van der Waals surface area (Å²) in [5.41, 5.74) is 4.00. The first-order valence-corrected chi connectivity index (χ1v) is 9.29.